The lowest BCUT2D eigenvalue weighted by Crippen LogP contribution is -2.44. The van der Waals surface area contributed by atoms with Crippen molar-refractivity contribution in [3.63, 3.8) is 0 Å². The van der Waals surface area contributed by atoms with E-state index in [1.165, 1.54) is 25.7 Å². The molecule has 132 valence electrons. The van der Waals surface area contributed by atoms with Crippen LogP contribution in [0.4, 0.5) is 0 Å². The van der Waals surface area contributed by atoms with Gasteiger partial charge < -0.3 is 15.0 Å². The van der Waals surface area contributed by atoms with Gasteiger partial charge in [0, 0.05) is 32.8 Å². The van der Waals surface area contributed by atoms with Gasteiger partial charge in [0.25, 0.3) is 0 Å². The molecule has 3 aliphatic heterocycles. The van der Waals surface area contributed by atoms with Crippen LogP contribution < -0.4 is 5.32 Å². The average molecular weight is 343 g/mol. The number of aliphatic imine (C=N–C) groups is 1. The smallest absolute Gasteiger partial charge is 0.194 e. The van der Waals surface area contributed by atoms with Gasteiger partial charge in [0.1, 0.15) is 0 Å². The quantitative estimate of drug-likeness (QED) is 0.610. The molecule has 3 rings (SSSR count). The Hall–Kier alpha value is -0.820. The summed E-state index contributed by atoms with van der Waals surface area (Å²) in [6.45, 7) is 4.37. The highest BCUT2D eigenvalue weighted by molar-refractivity contribution is 7.91. The van der Waals surface area contributed by atoms with Gasteiger partial charge in [-0.2, -0.15) is 0 Å². The molecule has 2 atom stereocenters. The van der Waals surface area contributed by atoms with E-state index >= 15 is 0 Å². The normalized spacial score (nSPS) is 31.5. The summed E-state index contributed by atoms with van der Waals surface area (Å²) < 4.78 is 28.9. The van der Waals surface area contributed by atoms with Gasteiger partial charge in [-0.05, 0) is 44.4 Å². The number of ether oxygens (including phenoxy) is 1. The molecule has 0 aromatic heterocycles. The molecule has 0 spiro atoms. The van der Waals surface area contributed by atoms with Crippen LogP contribution in [0.5, 0.6) is 0 Å². The monoisotopic (exact) mass is 343 g/mol. The number of rotatable bonds is 4. The highest BCUT2D eigenvalue weighted by atomic mass is 32.2. The maximum absolute atomic E-state index is 11.6. The minimum absolute atomic E-state index is 0.185. The summed E-state index contributed by atoms with van der Waals surface area (Å²) in [4.78, 5) is 7.05. The molecule has 0 saturated carbocycles. The molecule has 3 heterocycles. The van der Waals surface area contributed by atoms with Crippen LogP contribution in [0.25, 0.3) is 0 Å². The molecule has 3 fully saturated rings. The molecule has 2 unspecified atom stereocenters. The zero-order valence-electron chi connectivity index (χ0n) is 13.9. The van der Waals surface area contributed by atoms with Gasteiger partial charge in [-0.15, -0.1) is 0 Å². The lowest BCUT2D eigenvalue weighted by Gasteiger charge is -2.27. The fourth-order valence-electron chi connectivity index (χ4n) is 3.60. The SMILES string of the molecule is O=S1(=O)CCC(CN=C(NCC2CCCCO2)N2CCCC2)C1. The van der Waals surface area contributed by atoms with Crippen LogP contribution in [0.1, 0.15) is 38.5 Å². The molecule has 0 bridgehead atoms. The molecule has 23 heavy (non-hydrogen) atoms. The highest BCUT2D eigenvalue weighted by Crippen LogP contribution is 2.19. The molecule has 3 aliphatic rings. The van der Waals surface area contributed by atoms with E-state index in [9.17, 15) is 8.42 Å². The van der Waals surface area contributed by atoms with Crippen molar-refractivity contribution in [2.45, 2.75) is 44.6 Å². The third-order valence-electron chi connectivity index (χ3n) is 4.99. The van der Waals surface area contributed by atoms with Gasteiger partial charge in [-0.1, -0.05) is 0 Å². The molecular weight excluding hydrogens is 314 g/mol. The molecule has 0 aliphatic carbocycles. The molecule has 3 saturated heterocycles. The second kappa shape index (κ2) is 7.83. The van der Waals surface area contributed by atoms with Crippen molar-refractivity contribution in [3.8, 4) is 0 Å². The third-order valence-corrected chi connectivity index (χ3v) is 6.83. The predicted molar refractivity (Wildman–Crippen MR) is 91.5 cm³/mol. The van der Waals surface area contributed by atoms with Crippen molar-refractivity contribution in [1.29, 1.82) is 0 Å². The van der Waals surface area contributed by atoms with Gasteiger partial charge in [-0.25, -0.2) is 8.42 Å². The number of sulfone groups is 1. The van der Waals surface area contributed by atoms with Crippen molar-refractivity contribution in [3.05, 3.63) is 0 Å². The van der Waals surface area contributed by atoms with E-state index in [4.69, 9.17) is 9.73 Å². The Morgan fingerprint density at radius 1 is 1.17 bits per heavy atom. The predicted octanol–water partition coefficient (Wildman–Crippen LogP) is 1.03. The summed E-state index contributed by atoms with van der Waals surface area (Å²) in [5.41, 5.74) is 0. The second-order valence-electron chi connectivity index (χ2n) is 7.00. The first-order valence-electron chi connectivity index (χ1n) is 8.98. The maximum atomic E-state index is 11.6. The molecule has 7 heteroatoms. The van der Waals surface area contributed by atoms with Crippen molar-refractivity contribution >= 4 is 15.8 Å². The van der Waals surface area contributed by atoms with E-state index in [-0.39, 0.29) is 12.0 Å². The minimum atomic E-state index is -2.82. The topological polar surface area (TPSA) is 71.0 Å². The number of nitrogens with one attached hydrogen (secondary N) is 1. The molecule has 0 aromatic carbocycles. The standard InChI is InChI=1S/C16H29N3O3S/c20-23(21)10-6-14(13-23)11-17-16(19-7-2-3-8-19)18-12-15-5-1-4-9-22-15/h14-15H,1-13H2,(H,17,18). The second-order valence-corrected chi connectivity index (χ2v) is 9.23. The molecular formula is C16H29N3O3S. The molecule has 1 N–H and O–H groups in total. The van der Waals surface area contributed by atoms with E-state index in [0.717, 1.165) is 45.0 Å². The Labute approximate surface area is 139 Å². The summed E-state index contributed by atoms with van der Waals surface area (Å²) in [5, 5.41) is 3.48. The van der Waals surface area contributed by atoms with Crippen LogP contribution >= 0.6 is 0 Å². The first-order chi connectivity index (χ1) is 11.1. The molecule has 6 nitrogen and oxygen atoms in total. The average Bonchev–Trinajstić information content (AvgIpc) is 3.18. The number of nitrogens with zero attached hydrogens (tertiary/aromatic N) is 2. The Morgan fingerprint density at radius 2 is 2.00 bits per heavy atom. The maximum Gasteiger partial charge on any atom is 0.194 e. The van der Waals surface area contributed by atoms with Crippen LogP contribution in [-0.2, 0) is 14.6 Å². The van der Waals surface area contributed by atoms with E-state index in [0.29, 0.717) is 18.1 Å². The summed E-state index contributed by atoms with van der Waals surface area (Å²) in [7, 11) is -2.82. The number of hydrogen-bond donors (Lipinski definition) is 1. The van der Waals surface area contributed by atoms with Gasteiger partial charge in [-0.3, -0.25) is 4.99 Å². The summed E-state index contributed by atoms with van der Waals surface area (Å²) in [6, 6.07) is 0. The van der Waals surface area contributed by atoms with Crippen LogP contribution in [-0.4, -0.2) is 69.7 Å². The third kappa shape index (κ3) is 5.08. The van der Waals surface area contributed by atoms with E-state index in [1.807, 2.05) is 0 Å². The van der Waals surface area contributed by atoms with Crippen molar-refractivity contribution in [2.24, 2.45) is 10.9 Å². The van der Waals surface area contributed by atoms with Gasteiger partial charge in [0.2, 0.25) is 0 Å². The molecule has 0 amide bonds. The van der Waals surface area contributed by atoms with Crippen LogP contribution in [0.15, 0.2) is 4.99 Å². The van der Waals surface area contributed by atoms with Crippen molar-refractivity contribution in [1.82, 2.24) is 10.2 Å². The van der Waals surface area contributed by atoms with E-state index < -0.39 is 9.84 Å². The Bertz CT molecular complexity index is 509. The van der Waals surface area contributed by atoms with Crippen LogP contribution in [0.3, 0.4) is 0 Å². The number of guanidine groups is 1. The first kappa shape index (κ1) is 17.0. The summed E-state index contributed by atoms with van der Waals surface area (Å²) in [5.74, 6) is 1.76. The minimum Gasteiger partial charge on any atom is -0.376 e. The van der Waals surface area contributed by atoms with E-state index in [2.05, 4.69) is 10.2 Å². The largest absolute Gasteiger partial charge is 0.376 e. The van der Waals surface area contributed by atoms with Crippen LogP contribution in [0.2, 0.25) is 0 Å². The highest BCUT2D eigenvalue weighted by Gasteiger charge is 2.28. The summed E-state index contributed by atoms with van der Waals surface area (Å²) in [6.07, 6.45) is 6.97. The fraction of sp³-hybridized carbons (Fsp3) is 0.938. The fourth-order valence-corrected chi connectivity index (χ4v) is 5.45. The van der Waals surface area contributed by atoms with Gasteiger partial charge in [0.15, 0.2) is 15.8 Å². The van der Waals surface area contributed by atoms with Gasteiger partial charge >= 0.3 is 0 Å². The van der Waals surface area contributed by atoms with Crippen molar-refractivity contribution in [2.75, 3.05) is 44.3 Å². The number of hydrogen-bond acceptors (Lipinski definition) is 4. The lowest BCUT2D eigenvalue weighted by molar-refractivity contribution is 0.0191. The number of likely N-dealkylation sites (tertiary alicyclic amines) is 1. The Kier molecular flexibility index (Phi) is 5.80. The zero-order valence-corrected chi connectivity index (χ0v) is 14.7. The summed E-state index contributed by atoms with van der Waals surface area (Å²) >= 11 is 0. The van der Waals surface area contributed by atoms with E-state index in [1.54, 1.807) is 0 Å². The zero-order chi connectivity index (χ0) is 16.1. The lowest BCUT2D eigenvalue weighted by atomic mass is 10.1. The molecule has 0 radical (unpaired) electrons. The van der Waals surface area contributed by atoms with Crippen molar-refractivity contribution < 1.29 is 13.2 Å². The Morgan fingerprint density at radius 3 is 2.65 bits per heavy atom. The van der Waals surface area contributed by atoms with Crippen LogP contribution in [0, 0.1) is 5.92 Å². The Balaban J connectivity index is 1.55. The first-order valence-corrected chi connectivity index (χ1v) is 10.8. The molecule has 0 aromatic rings. The van der Waals surface area contributed by atoms with Gasteiger partial charge in [0.05, 0.1) is 17.6 Å².